The number of aliphatic hydroxyl groups is 1. The summed E-state index contributed by atoms with van der Waals surface area (Å²) >= 11 is 0. The van der Waals surface area contributed by atoms with Crippen LogP contribution >= 0.6 is 0 Å². The highest BCUT2D eigenvalue weighted by molar-refractivity contribution is 6.18. The number of rotatable bonds is 4. The lowest BCUT2D eigenvalue weighted by atomic mass is 9.90. The molecule has 0 aromatic carbocycles. The minimum absolute atomic E-state index is 0.00712. The molecule has 0 radical (unpaired) electrons. The van der Waals surface area contributed by atoms with Gasteiger partial charge in [-0.15, -0.1) is 0 Å². The maximum atomic E-state index is 13.3. The van der Waals surface area contributed by atoms with Gasteiger partial charge < -0.3 is 24.4 Å². The maximum absolute atomic E-state index is 13.3. The number of nitrogens with zero attached hydrogens (tertiary/aromatic N) is 6. The van der Waals surface area contributed by atoms with E-state index < -0.39 is 17.9 Å². The van der Waals surface area contributed by atoms with Crippen molar-refractivity contribution in [2.75, 3.05) is 55.8 Å². The minimum atomic E-state index is -2.85. The second kappa shape index (κ2) is 8.23. The first-order chi connectivity index (χ1) is 15.7. The van der Waals surface area contributed by atoms with Crippen molar-refractivity contribution in [1.29, 1.82) is 0 Å². The zero-order chi connectivity index (χ0) is 23.2. The lowest BCUT2D eigenvalue weighted by Gasteiger charge is -2.39. The molecule has 1 aromatic heterocycles. The Morgan fingerprint density at radius 1 is 1.03 bits per heavy atom. The smallest absolute Gasteiger partial charge is 0.297 e. The molecule has 1 aliphatic carbocycles. The second-order valence-electron chi connectivity index (χ2n) is 8.95. The molecule has 1 unspecified atom stereocenters. The first-order valence-electron chi connectivity index (χ1n) is 10.9. The van der Waals surface area contributed by atoms with Gasteiger partial charge in [0.1, 0.15) is 17.3 Å². The van der Waals surface area contributed by atoms with Crippen LogP contribution in [0.2, 0.25) is 0 Å². The van der Waals surface area contributed by atoms with E-state index in [2.05, 4.69) is 24.8 Å². The summed E-state index contributed by atoms with van der Waals surface area (Å²) in [5.41, 5.74) is -2.06. The molecule has 33 heavy (non-hydrogen) atoms. The van der Waals surface area contributed by atoms with E-state index >= 15 is 0 Å². The monoisotopic (exact) mass is 460 g/mol. The molecule has 1 atom stereocenters. The van der Waals surface area contributed by atoms with E-state index in [1.807, 2.05) is 19.9 Å². The average molecular weight is 460 g/mol. The first kappa shape index (κ1) is 22.1. The molecule has 0 spiro atoms. The minimum Gasteiger partial charge on any atom is -0.378 e. The van der Waals surface area contributed by atoms with Crippen molar-refractivity contribution in [1.82, 2.24) is 9.97 Å². The van der Waals surface area contributed by atoms with Gasteiger partial charge in [0.2, 0.25) is 0 Å². The van der Waals surface area contributed by atoms with Crippen molar-refractivity contribution in [2.45, 2.75) is 31.5 Å². The Bertz CT molecular complexity index is 1060. The Morgan fingerprint density at radius 2 is 1.73 bits per heavy atom. The predicted octanol–water partition coefficient (Wildman–Crippen LogP) is 1.69. The van der Waals surface area contributed by atoms with Gasteiger partial charge in [-0.1, -0.05) is 6.08 Å². The highest BCUT2D eigenvalue weighted by Crippen LogP contribution is 2.35. The molecule has 1 aromatic rings. The molecule has 4 heterocycles. The van der Waals surface area contributed by atoms with E-state index in [-0.39, 0.29) is 22.8 Å². The van der Waals surface area contributed by atoms with Crippen molar-refractivity contribution in [3.8, 4) is 0 Å². The Labute approximate surface area is 190 Å². The van der Waals surface area contributed by atoms with E-state index in [1.165, 1.54) is 6.08 Å². The molecule has 2 fully saturated rings. The van der Waals surface area contributed by atoms with Gasteiger partial charge in [0.05, 0.1) is 31.1 Å². The van der Waals surface area contributed by atoms with Gasteiger partial charge in [0.15, 0.2) is 17.3 Å². The topological polar surface area (TPSA) is 95.7 Å². The number of halogens is 2. The zero-order valence-electron chi connectivity index (χ0n) is 18.5. The number of fused-ring (bicyclic) bond motifs is 1. The Morgan fingerprint density at radius 3 is 2.42 bits per heavy atom. The number of morpholine rings is 2. The number of hydrogen-bond donors (Lipinski definition) is 1. The van der Waals surface area contributed by atoms with Crippen LogP contribution in [-0.4, -0.2) is 84.6 Å². The van der Waals surface area contributed by atoms with Crippen molar-refractivity contribution < 1.29 is 23.4 Å². The summed E-state index contributed by atoms with van der Waals surface area (Å²) in [6.07, 6.45) is 1.72. The molecule has 3 aliphatic heterocycles. The second-order valence-corrected chi connectivity index (χ2v) is 8.95. The van der Waals surface area contributed by atoms with Gasteiger partial charge in [-0.3, -0.25) is 0 Å². The molecule has 2 saturated heterocycles. The first-order valence-corrected chi connectivity index (χ1v) is 10.9. The van der Waals surface area contributed by atoms with Crippen molar-refractivity contribution in [3.63, 3.8) is 0 Å². The molecule has 176 valence electrons. The number of aromatic nitrogens is 2. The lowest BCUT2D eigenvalue weighted by Crippen LogP contribution is -2.49. The molecular formula is C22H26F2N6O3. The number of amidine groups is 1. The van der Waals surface area contributed by atoms with Gasteiger partial charge in [0.25, 0.3) is 6.43 Å². The number of hydrogen-bond acceptors (Lipinski definition) is 9. The fraction of sp³-hybridized carbons (Fsp3) is 0.545. The van der Waals surface area contributed by atoms with Crippen LogP contribution in [0, 0.1) is 0 Å². The van der Waals surface area contributed by atoms with Crippen LogP contribution in [0.3, 0.4) is 0 Å². The number of alkyl halides is 2. The molecule has 0 amide bonds. The molecular weight excluding hydrogens is 434 g/mol. The summed E-state index contributed by atoms with van der Waals surface area (Å²) in [4.78, 5) is 21.3. The molecule has 11 heteroatoms. The van der Waals surface area contributed by atoms with Crippen LogP contribution in [0.4, 0.5) is 20.4 Å². The summed E-state index contributed by atoms with van der Waals surface area (Å²) in [6, 6.07) is 1.89. The van der Waals surface area contributed by atoms with Crippen molar-refractivity contribution >= 4 is 23.2 Å². The number of anilines is 2. The van der Waals surface area contributed by atoms with Crippen LogP contribution < -0.4 is 9.80 Å². The molecule has 0 saturated carbocycles. The SMILES string of the molecule is CC1(C)CN(c2cc(N3CCOCC3)nc(C3(O)C=CC=C4N=C(C(F)F)N=C43)n2)CCO1. The van der Waals surface area contributed by atoms with E-state index in [4.69, 9.17) is 14.5 Å². The lowest BCUT2D eigenvalue weighted by molar-refractivity contribution is -0.0279. The van der Waals surface area contributed by atoms with E-state index in [1.54, 1.807) is 12.2 Å². The fourth-order valence-electron chi connectivity index (χ4n) is 4.33. The van der Waals surface area contributed by atoms with Gasteiger partial charge in [-0.25, -0.2) is 28.7 Å². The molecule has 0 bridgehead atoms. The van der Waals surface area contributed by atoms with E-state index in [9.17, 15) is 13.9 Å². The van der Waals surface area contributed by atoms with Crippen LogP contribution in [0.25, 0.3) is 0 Å². The van der Waals surface area contributed by atoms with E-state index in [0.717, 1.165) is 0 Å². The van der Waals surface area contributed by atoms with Crippen molar-refractivity contribution in [2.24, 2.45) is 9.98 Å². The van der Waals surface area contributed by atoms with Gasteiger partial charge in [-0.05, 0) is 26.0 Å². The summed E-state index contributed by atoms with van der Waals surface area (Å²) in [5.74, 6) is 0.702. The highest BCUT2D eigenvalue weighted by Gasteiger charge is 2.44. The van der Waals surface area contributed by atoms with Crippen LogP contribution in [0.1, 0.15) is 19.7 Å². The summed E-state index contributed by atoms with van der Waals surface area (Å²) in [7, 11) is 0. The number of allylic oxidation sites excluding steroid dienone is 2. The maximum Gasteiger partial charge on any atom is 0.297 e. The van der Waals surface area contributed by atoms with Gasteiger partial charge in [-0.2, -0.15) is 0 Å². The van der Waals surface area contributed by atoms with E-state index in [0.29, 0.717) is 57.6 Å². The standard InChI is InChI=1S/C22H26F2N6O3/c1-21(2)13-30(8-11-33-21)16-12-15(29-6-9-32-10-7-29)26-20(27-16)22(31)5-3-4-14-17(22)28-19(25-14)18(23)24/h3-5,12,18,31H,6-11,13H2,1-2H3. The Hall–Kier alpha value is -2.76. The predicted molar refractivity (Wildman–Crippen MR) is 119 cm³/mol. The summed E-state index contributed by atoms with van der Waals surface area (Å²) in [5, 5.41) is 11.7. The van der Waals surface area contributed by atoms with Crippen LogP contribution in [0.15, 0.2) is 40.0 Å². The molecule has 5 rings (SSSR count). The van der Waals surface area contributed by atoms with Gasteiger partial charge in [0, 0.05) is 32.2 Å². The van der Waals surface area contributed by atoms with Crippen LogP contribution in [-0.2, 0) is 15.1 Å². The average Bonchev–Trinajstić information content (AvgIpc) is 3.25. The van der Waals surface area contributed by atoms with Crippen LogP contribution in [0.5, 0.6) is 0 Å². The Balaban J connectivity index is 1.58. The summed E-state index contributed by atoms with van der Waals surface area (Å²) in [6.45, 7) is 8.20. The normalized spacial score (nSPS) is 26.8. The third kappa shape index (κ3) is 4.16. The molecule has 1 N–H and O–H groups in total. The largest absolute Gasteiger partial charge is 0.378 e. The summed E-state index contributed by atoms with van der Waals surface area (Å²) < 4.78 is 37.9. The highest BCUT2D eigenvalue weighted by atomic mass is 19.3. The Kier molecular flexibility index (Phi) is 5.50. The molecule has 9 nitrogen and oxygen atoms in total. The molecule has 4 aliphatic rings. The quantitative estimate of drug-likeness (QED) is 0.731. The third-order valence-corrected chi connectivity index (χ3v) is 5.98. The van der Waals surface area contributed by atoms with Crippen molar-refractivity contribution in [3.05, 3.63) is 35.8 Å². The fourth-order valence-corrected chi connectivity index (χ4v) is 4.33. The third-order valence-electron chi connectivity index (χ3n) is 5.98. The number of aliphatic imine (C=N–C) groups is 2. The number of ether oxygens (including phenoxy) is 2. The van der Waals surface area contributed by atoms with Gasteiger partial charge >= 0.3 is 0 Å². The zero-order valence-corrected chi connectivity index (χ0v) is 18.5.